The van der Waals surface area contributed by atoms with E-state index in [4.69, 9.17) is 9.84 Å². The fourth-order valence-corrected chi connectivity index (χ4v) is 2.59. The molecule has 0 heterocycles. The number of unbranched alkanes of at least 4 members (excludes halogenated alkanes) is 8. The van der Waals surface area contributed by atoms with Crippen molar-refractivity contribution in [3.05, 3.63) is 24.3 Å². The van der Waals surface area contributed by atoms with E-state index in [1.54, 1.807) is 0 Å². The van der Waals surface area contributed by atoms with Gasteiger partial charge < -0.3 is 14.9 Å². The molecule has 0 fully saturated rings. The number of hydrogen-bond donors (Lipinski definition) is 2. The van der Waals surface area contributed by atoms with Gasteiger partial charge in [-0.15, -0.1) is 0 Å². The van der Waals surface area contributed by atoms with E-state index in [0.717, 1.165) is 38.5 Å². The molecule has 170 valence electrons. The van der Waals surface area contributed by atoms with E-state index < -0.39 is 5.97 Å². The van der Waals surface area contributed by atoms with Crippen molar-refractivity contribution < 1.29 is 24.5 Å². The molecule has 5 nitrogen and oxygen atoms in total. The van der Waals surface area contributed by atoms with Crippen LogP contribution in [-0.2, 0) is 14.3 Å². The molecule has 1 unspecified atom stereocenters. The van der Waals surface area contributed by atoms with E-state index in [-0.39, 0.29) is 17.6 Å². The smallest absolute Gasteiger partial charge is 0.330 e. The fraction of sp³-hybridized carbons (Fsp3) is 0.750. The number of aliphatic hydroxyl groups excluding tert-OH is 1. The summed E-state index contributed by atoms with van der Waals surface area (Å²) in [5, 5.41) is 17.7. The first-order chi connectivity index (χ1) is 13.8. The van der Waals surface area contributed by atoms with Gasteiger partial charge in [0.2, 0.25) is 0 Å². The third-order valence-electron chi connectivity index (χ3n) is 4.39. The summed E-state index contributed by atoms with van der Waals surface area (Å²) in [4.78, 5) is 20.8. The normalized spacial score (nSPS) is 11.6. The number of carboxylic acid groups (broad SMARTS) is 1. The van der Waals surface area contributed by atoms with Crippen molar-refractivity contribution in [1.29, 1.82) is 0 Å². The van der Waals surface area contributed by atoms with Gasteiger partial charge in [-0.1, -0.05) is 70.6 Å². The SMILES string of the molecule is C=C(C)C(=O)O.CCCCCCC(O)C/C=C\CCCCCCCC(=O)OCC. The molecule has 0 bridgehead atoms. The molecular formula is C24H44O5. The van der Waals surface area contributed by atoms with Gasteiger partial charge in [-0.25, -0.2) is 4.79 Å². The Hall–Kier alpha value is -1.62. The van der Waals surface area contributed by atoms with E-state index >= 15 is 0 Å². The zero-order valence-electron chi connectivity index (χ0n) is 19.0. The minimum absolute atomic E-state index is 0.0660. The summed E-state index contributed by atoms with van der Waals surface area (Å²) < 4.78 is 4.90. The molecular weight excluding hydrogens is 368 g/mol. The maximum atomic E-state index is 11.2. The van der Waals surface area contributed by atoms with Gasteiger partial charge in [0, 0.05) is 12.0 Å². The number of aliphatic carboxylic acids is 1. The molecule has 0 aliphatic heterocycles. The Morgan fingerprint density at radius 3 is 2.14 bits per heavy atom. The predicted molar refractivity (Wildman–Crippen MR) is 120 cm³/mol. The fourth-order valence-electron chi connectivity index (χ4n) is 2.59. The van der Waals surface area contributed by atoms with E-state index in [0.29, 0.717) is 13.0 Å². The highest BCUT2D eigenvalue weighted by Crippen LogP contribution is 2.10. The first-order valence-electron chi connectivity index (χ1n) is 11.2. The largest absolute Gasteiger partial charge is 0.478 e. The van der Waals surface area contributed by atoms with Crippen molar-refractivity contribution in [3.8, 4) is 0 Å². The molecule has 0 amide bonds. The van der Waals surface area contributed by atoms with E-state index in [9.17, 15) is 14.7 Å². The van der Waals surface area contributed by atoms with Crippen molar-refractivity contribution in [2.75, 3.05) is 6.61 Å². The van der Waals surface area contributed by atoms with Crippen molar-refractivity contribution >= 4 is 11.9 Å². The Morgan fingerprint density at radius 1 is 0.966 bits per heavy atom. The van der Waals surface area contributed by atoms with Crippen LogP contribution >= 0.6 is 0 Å². The first-order valence-corrected chi connectivity index (χ1v) is 11.2. The molecule has 29 heavy (non-hydrogen) atoms. The molecule has 0 radical (unpaired) electrons. The van der Waals surface area contributed by atoms with Crippen LogP contribution in [0.5, 0.6) is 0 Å². The molecule has 0 spiro atoms. The van der Waals surface area contributed by atoms with Crippen molar-refractivity contribution in [3.63, 3.8) is 0 Å². The van der Waals surface area contributed by atoms with Gasteiger partial charge in [0.25, 0.3) is 0 Å². The number of carbonyl (C=O) groups excluding carboxylic acids is 1. The minimum atomic E-state index is -0.935. The highest BCUT2D eigenvalue weighted by atomic mass is 16.5. The predicted octanol–water partition coefficient (Wildman–Crippen LogP) is 6.20. The van der Waals surface area contributed by atoms with Crippen LogP contribution < -0.4 is 0 Å². The van der Waals surface area contributed by atoms with E-state index in [1.807, 2.05) is 6.92 Å². The molecule has 0 aliphatic rings. The number of allylic oxidation sites excluding steroid dienone is 1. The van der Waals surface area contributed by atoms with Crippen molar-refractivity contribution in [1.82, 2.24) is 0 Å². The second kappa shape index (κ2) is 22.7. The molecule has 0 aromatic heterocycles. The molecule has 0 aromatic rings. The molecule has 1 atom stereocenters. The number of carbonyl (C=O) groups is 2. The number of hydrogen-bond acceptors (Lipinski definition) is 4. The lowest BCUT2D eigenvalue weighted by molar-refractivity contribution is -0.143. The van der Waals surface area contributed by atoms with Gasteiger partial charge in [-0.05, 0) is 46.0 Å². The standard InChI is InChI=1S/C20H38O3.C4H6O2/c1-3-5-6-13-16-19(21)17-14-11-9-7-8-10-12-15-18-20(22)23-4-2;1-3(2)4(5)6/h11,14,19,21H,3-10,12-13,15-18H2,1-2H3;1H2,2H3,(H,5,6)/b14-11-;. The van der Waals surface area contributed by atoms with Crippen LogP contribution in [0.4, 0.5) is 0 Å². The molecule has 0 saturated carbocycles. The summed E-state index contributed by atoms with van der Waals surface area (Å²) in [6, 6.07) is 0. The first kappa shape index (κ1) is 29.6. The monoisotopic (exact) mass is 412 g/mol. The van der Waals surface area contributed by atoms with Crippen LogP contribution in [0, 0.1) is 0 Å². The van der Waals surface area contributed by atoms with Crippen LogP contribution in [0.1, 0.15) is 104 Å². The lowest BCUT2D eigenvalue weighted by Crippen LogP contribution is -2.04. The number of carboxylic acids is 1. The Bertz CT molecular complexity index is 431. The van der Waals surface area contributed by atoms with Crippen LogP contribution in [-0.4, -0.2) is 34.9 Å². The molecule has 5 heteroatoms. The summed E-state index contributed by atoms with van der Waals surface area (Å²) in [5.74, 6) is -1.00. The van der Waals surface area contributed by atoms with Crippen LogP contribution in [0.15, 0.2) is 24.3 Å². The van der Waals surface area contributed by atoms with Crippen molar-refractivity contribution in [2.24, 2.45) is 0 Å². The Balaban J connectivity index is 0. The quantitative estimate of drug-likeness (QED) is 0.128. The summed E-state index contributed by atoms with van der Waals surface area (Å²) in [5.41, 5.74) is 0.176. The maximum Gasteiger partial charge on any atom is 0.330 e. The number of aliphatic hydroxyl groups is 1. The number of ether oxygens (including phenoxy) is 1. The number of rotatable bonds is 17. The maximum absolute atomic E-state index is 11.2. The van der Waals surface area contributed by atoms with E-state index in [2.05, 4.69) is 25.7 Å². The summed E-state index contributed by atoms with van der Waals surface area (Å²) >= 11 is 0. The zero-order chi connectivity index (χ0) is 22.3. The summed E-state index contributed by atoms with van der Waals surface area (Å²) in [7, 11) is 0. The number of esters is 1. The minimum Gasteiger partial charge on any atom is -0.478 e. The van der Waals surface area contributed by atoms with Gasteiger partial charge in [-0.2, -0.15) is 0 Å². The Labute approximate surface area is 178 Å². The lowest BCUT2D eigenvalue weighted by atomic mass is 10.1. The van der Waals surface area contributed by atoms with Gasteiger partial charge in [0.15, 0.2) is 0 Å². The van der Waals surface area contributed by atoms with Gasteiger partial charge >= 0.3 is 11.9 Å². The molecule has 0 rings (SSSR count). The van der Waals surface area contributed by atoms with E-state index in [1.165, 1.54) is 45.4 Å². The molecule has 2 N–H and O–H groups in total. The van der Waals surface area contributed by atoms with Crippen LogP contribution in [0.25, 0.3) is 0 Å². The molecule has 0 aliphatic carbocycles. The molecule has 0 aromatic carbocycles. The topological polar surface area (TPSA) is 83.8 Å². The molecule has 0 saturated heterocycles. The second-order valence-corrected chi connectivity index (χ2v) is 7.41. The van der Waals surface area contributed by atoms with Crippen molar-refractivity contribution in [2.45, 2.75) is 110 Å². The highest BCUT2D eigenvalue weighted by molar-refractivity contribution is 5.84. The lowest BCUT2D eigenvalue weighted by Gasteiger charge is -2.07. The third kappa shape index (κ3) is 26.4. The van der Waals surface area contributed by atoms with Crippen LogP contribution in [0.3, 0.4) is 0 Å². The van der Waals surface area contributed by atoms with Gasteiger partial charge in [0.1, 0.15) is 0 Å². The van der Waals surface area contributed by atoms with Gasteiger partial charge in [-0.3, -0.25) is 4.79 Å². The Morgan fingerprint density at radius 2 is 1.55 bits per heavy atom. The summed E-state index contributed by atoms with van der Waals surface area (Å²) in [6.45, 7) is 9.14. The zero-order valence-corrected chi connectivity index (χ0v) is 19.0. The average Bonchev–Trinajstić information content (AvgIpc) is 2.67. The third-order valence-corrected chi connectivity index (χ3v) is 4.39. The van der Waals surface area contributed by atoms with Crippen LogP contribution in [0.2, 0.25) is 0 Å². The highest BCUT2D eigenvalue weighted by Gasteiger charge is 2.01. The summed E-state index contributed by atoms with van der Waals surface area (Å²) in [6.07, 6.45) is 18.1. The average molecular weight is 413 g/mol. The second-order valence-electron chi connectivity index (χ2n) is 7.41. The van der Waals surface area contributed by atoms with Gasteiger partial charge in [0.05, 0.1) is 12.7 Å². The Kier molecular flexibility index (Phi) is 23.1.